The number of nitrogen functional groups attached to an aromatic ring is 1. The van der Waals surface area contributed by atoms with Crippen molar-refractivity contribution in [1.82, 2.24) is 0 Å². The average molecular weight is 372 g/mol. The molecule has 0 aliphatic heterocycles. The number of halogens is 1. The van der Waals surface area contributed by atoms with Gasteiger partial charge in [0.05, 0.1) is 10.6 Å². The highest BCUT2D eigenvalue weighted by atomic mass is 32.2. The van der Waals surface area contributed by atoms with E-state index in [1.165, 1.54) is 30.3 Å². The van der Waals surface area contributed by atoms with Crippen LogP contribution in [0.4, 0.5) is 10.1 Å². The molecule has 3 aromatic rings. The number of primary sulfonamides is 1. The van der Waals surface area contributed by atoms with Crippen LogP contribution in [0.5, 0.6) is 0 Å². The summed E-state index contributed by atoms with van der Waals surface area (Å²) >= 11 is 0. The third kappa shape index (κ3) is 4.98. The van der Waals surface area contributed by atoms with Gasteiger partial charge in [-0.3, -0.25) is 4.79 Å². The first-order valence-electron chi connectivity index (χ1n) is 7.52. The zero-order valence-corrected chi connectivity index (χ0v) is 14.5. The highest BCUT2D eigenvalue weighted by Crippen LogP contribution is 2.19. The van der Waals surface area contributed by atoms with E-state index in [4.69, 9.17) is 10.9 Å². The van der Waals surface area contributed by atoms with Crippen molar-refractivity contribution in [1.29, 1.82) is 0 Å². The molecule has 0 atom stereocenters. The lowest BCUT2D eigenvalue weighted by Crippen LogP contribution is -2.11. The Morgan fingerprint density at radius 1 is 0.808 bits per heavy atom. The SMILES string of the molecule is NS(=O)(=O)c1ccccc1.Nc1c(F)cccc1C(=O)c1ccccc1. The lowest BCUT2D eigenvalue weighted by Gasteiger charge is -2.05. The number of anilines is 1. The summed E-state index contributed by atoms with van der Waals surface area (Å²) in [5.41, 5.74) is 6.12. The Bertz CT molecular complexity index is 992. The second-order valence-corrected chi connectivity index (χ2v) is 6.82. The summed E-state index contributed by atoms with van der Waals surface area (Å²) in [5, 5.41) is 4.83. The molecule has 0 radical (unpaired) electrons. The molecule has 0 fully saturated rings. The second kappa shape index (κ2) is 8.37. The van der Waals surface area contributed by atoms with Crippen molar-refractivity contribution in [2.45, 2.75) is 4.90 Å². The van der Waals surface area contributed by atoms with E-state index in [1.807, 2.05) is 6.07 Å². The predicted octanol–water partition coefficient (Wildman–Crippen LogP) is 2.97. The number of ketones is 1. The molecule has 0 unspecified atom stereocenters. The molecule has 3 rings (SSSR count). The number of benzene rings is 3. The molecule has 0 aromatic heterocycles. The summed E-state index contributed by atoms with van der Waals surface area (Å²) in [6, 6.07) is 20.8. The maximum Gasteiger partial charge on any atom is 0.238 e. The summed E-state index contributed by atoms with van der Waals surface area (Å²) < 4.78 is 34.4. The number of carbonyl (C=O) groups is 1. The van der Waals surface area contributed by atoms with Gasteiger partial charge in [-0.1, -0.05) is 54.6 Å². The van der Waals surface area contributed by atoms with Crippen LogP contribution in [0.15, 0.2) is 83.8 Å². The van der Waals surface area contributed by atoms with E-state index in [9.17, 15) is 17.6 Å². The van der Waals surface area contributed by atoms with Crippen LogP contribution in [0.2, 0.25) is 0 Å². The van der Waals surface area contributed by atoms with Crippen molar-refractivity contribution in [3.63, 3.8) is 0 Å². The first-order chi connectivity index (χ1) is 12.3. The predicted molar refractivity (Wildman–Crippen MR) is 98.5 cm³/mol. The van der Waals surface area contributed by atoms with Gasteiger partial charge in [-0.25, -0.2) is 17.9 Å². The van der Waals surface area contributed by atoms with E-state index < -0.39 is 15.8 Å². The molecule has 0 aliphatic rings. The molecule has 0 spiro atoms. The zero-order valence-electron chi connectivity index (χ0n) is 13.7. The molecule has 0 aliphatic carbocycles. The van der Waals surface area contributed by atoms with Crippen LogP contribution in [0.25, 0.3) is 0 Å². The first kappa shape index (κ1) is 19.3. The molecule has 7 heteroatoms. The van der Waals surface area contributed by atoms with E-state index in [0.717, 1.165) is 0 Å². The van der Waals surface area contributed by atoms with Crippen LogP contribution in [-0.4, -0.2) is 14.2 Å². The number of hydrogen-bond acceptors (Lipinski definition) is 4. The highest BCUT2D eigenvalue weighted by molar-refractivity contribution is 7.89. The van der Waals surface area contributed by atoms with Crippen LogP contribution < -0.4 is 10.9 Å². The number of nitrogens with two attached hydrogens (primary N) is 2. The van der Waals surface area contributed by atoms with Crippen molar-refractivity contribution in [3.05, 3.63) is 95.8 Å². The lowest BCUT2D eigenvalue weighted by molar-refractivity contribution is 0.103. The molecule has 0 saturated heterocycles. The molecule has 5 nitrogen and oxygen atoms in total. The molecule has 0 heterocycles. The first-order valence-corrected chi connectivity index (χ1v) is 9.07. The maximum atomic E-state index is 13.2. The van der Waals surface area contributed by atoms with Crippen molar-refractivity contribution in [2.75, 3.05) is 5.73 Å². The zero-order chi connectivity index (χ0) is 19.2. The van der Waals surface area contributed by atoms with Crippen molar-refractivity contribution < 1.29 is 17.6 Å². The number of carbonyl (C=O) groups excluding carboxylic acids is 1. The third-order valence-corrected chi connectivity index (χ3v) is 4.33. The van der Waals surface area contributed by atoms with Crippen LogP contribution in [0.1, 0.15) is 15.9 Å². The quantitative estimate of drug-likeness (QED) is 0.545. The third-order valence-electron chi connectivity index (χ3n) is 3.41. The van der Waals surface area contributed by atoms with Crippen molar-refractivity contribution in [3.8, 4) is 0 Å². The fraction of sp³-hybridized carbons (Fsp3) is 0. The fourth-order valence-electron chi connectivity index (χ4n) is 2.09. The Hall–Kier alpha value is -3.03. The molecular weight excluding hydrogens is 355 g/mol. The van der Waals surface area contributed by atoms with Gasteiger partial charge in [0.25, 0.3) is 0 Å². The monoisotopic (exact) mass is 372 g/mol. The number of sulfonamides is 1. The van der Waals surface area contributed by atoms with E-state index in [2.05, 4.69) is 0 Å². The molecule has 0 bridgehead atoms. The van der Waals surface area contributed by atoms with E-state index >= 15 is 0 Å². The Morgan fingerprint density at radius 2 is 1.35 bits per heavy atom. The minimum absolute atomic E-state index is 0.101. The maximum absolute atomic E-state index is 13.2. The Kier molecular flexibility index (Phi) is 6.21. The number of para-hydroxylation sites is 1. The van der Waals surface area contributed by atoms with Gasteiger partial charge in [0.15, 0.2) is 5.78 Å². The topological polar surface area (TPSA) is 103 Å². The summed E-state index contributed by atoms with van der Waals surface area (Å²) in [6.07, 6.45) is 0. The number of rotatable bonds is 3. The van der Waals surface area contributed by atoms with Crippen LogP contribution in [0, 0.1) is 5.82 Å². The normalized spacial score (nSPS) is 10.5. The molecule has 3 aromatic carbocycles. The van der Waals surface area contributed by atoms with Gasteiger partial charge in [0, 0.05) is 11.1 Å². The minimum Gasteiger partial charge on any atom is -0.396 e. The van der Waals surface area contributed by atoms with Gasteiger partial charge in [-0.2, -0.15) is 0 Å². The van der Waals surface area contributed by atoms with E-state index in [-0.39, 0.29) is 21.9 Å². The molecule has 26 heavy (non-hydrogen) atoms. The van der Waals surface area contributed by atoms with Crippen molar-refractivity contribution >= 4 is 21.5 Å². The van der Waals surface area contributed by atoms with Crippen LogP contribution >= 0.6 is 0 Å². The summed E-state index contributed by atoms with van der Waals surface area (Å²) in [6.45, 7) is 0. The molecule has 134 valence electrons. The standard InChI is InChI=1S/C13H10FNO.C6H7NO2S/c14-11-8-4-7-10(12(11)15)13(16)9-5-2-1-3-6-9;7-10(8,9)6-4-2-1-3-5-6/h1-8H,15H2;1-5H,(H2,7,8,9). The van der Waals surface area contributed by atoms with Gasteiger partial charge in [-0.15, -0.1) is 0 Å². The largest absolute Gasteiger partial charge is 0.396 e. The summed E-state index contributed by atoms with van der Waals surface area (Å²) in [4.78, 5) is 12.1. The fourth-order valence-corrected chi connectivity index (χ4v) is 2.63. The molecule has 0 amide bonds. The smallest absolute Gasteiger partial charge is 0.238 e. The van der Waals surface area contributed by atoms with Gasteiger partial charge >= 0.3 is 0 Å². The van der Waals surface area contributed by atoms with E-state index in [0.29, 0.717) is 5.56 Å². The highest BCUT2D eigenvalue weighted by Gasteiger charge is 2.13. The lowest BCUT2D eigenvalue weighted by atomic mass is 10.0. The summed E-state index contributed by atoms with van der Waals surface area (Å²) in [7, 11) is -3.50. The van der Waals surface area contributed by atoms with Gasteiger partial charge in [-0.05, 0) is 24.3 Å². The van der Waals surface area contributed by atoms with Crippen LogP contribution in [-0.2, 0) is 10.0 Å². The minimum atomic E-state index is -3.50. The molecular formula is C19H17FN2O3S. The molecule has 4 N–H and O–H groups in total. The van der Waals surface area contributed by atoms with Gasteiger partial charge < -0.3 is 5.73 Å². The average Bonchev–Trinajstić information content (AvgIpc) is 2.65. The summed E-state index contributed by atoms with van der Waals surface area (Å²) in [5.74, 6) is -0.834. The Balaban J connectivity index is 0.000000209. The Morgan fingerprint density at radius 3 is 1.85 bits per heavy atom. The van der Waals surface area contributed by atoms with E-state index in [1.54, 1.807) is 42.5 Å². The molecule has 0 saturated carbocycles. The van der Waals surface area contributed by atoms with Gasteiger partial charge in [0.2, 0.25) is 10.0 Å². The van der Waals surface area contributed by atoms with Crippen molar-refractivity contribution in [2.24, 2.45) is 5.14 Å². The number of hydrogen-bond donors (Lipinski definition) is 2. The van der Waals surface area contributed by atoms with Gasteiger partial charge in [0.1, 0.15) is 5.82 Å². The Labute approximate surface area is 151 Å². The second-order valence-electron chi connectivity index (χ2n) is 5.25. The van der Waals surface area contributed by atoms with Crippen LogP contribution in [0.3, 0.4) is 0 Å².